The Balaban J connectivity index is 1.33. The normalized spacial score (nSPS) is 24.3. The van der Waals surface area contributed by atoms with Crippen LogP contribution in [0.5, 0.6) is 0 Å². The predicted molar refractivity (Wildman–Crippen MR) is 94.6 cm³/mol. The number of carbonyl (C=O) groups is 1. The molecule has 4 heteroatoms. The lowest BCUT2D eigenvalue weighted by Gasteiger charge is -2.40. The van der Waals surface area contributed by atoms with Crippen LogP contribution in [-0.4, -0.2) is 54.6 Å². The maximum Gasteiger partial charge on any atom is 0.317 e. The molecule has 0 radical (unpaired) electrons. The molecule has 0 aromatic carbocycles. The van der Waals surface area contributed by atoms with Gasteiger partial charge in [0.05, 0.1) is 0 Å². The molecule has 4 nitrogen and oxygen atoms in total. The van der Waals surface area contributed by atoms with Gasteiger partial charge in [-0.1, -0.05) is 30.9 Å². The van der Waals surface area contributed by atoms with E-state index < -0.39 is 0 Å². The minimum absolute atomic E-state index is 0.143. The van der Waals surface area contributed by atoms with Gasteiger partial charge in [0.1, 0.15) is 0 Å². The quantitative estimate of drug-likeness (QED) is 0.805. The highest BCUT2D eigenvalue weighted by Gasteiger charge is 2.26. The van der Waals surface area contributed by atoms with Crippen molar-refractivity contribution in [3.63, 3.8) is 0 Å². The zero-order valence-electron chi connectivity index (χ0n) is 14.6. The van der Waals surface area contributed by atoms with Crippen LogP contribution in [0, 0.1) is 0 Å². The Bertz CT molecular complexity index is 407. The first-order chi connectivity index (χ1) is 11.3. The molecule has 1 saturated carbocycles. The summed E-state index contributed by atoms with van der Waals surface area (Å²) in [5.74, 6) is 0. The van der Waals surface area contributed by atoms with Crippen molar-refractivity contribution in [2.45, 2.75) is 70.3 Å². The molecule has 130 valence electrons. The summed E-state index contributed by atoms with van der Waals surface area (Å²) >= 11 is 0. The van der Waals surface area contributed by atoms with Gasteiger partial charge in [-0.25, -0.2) is 4.79 Å². The Morgan fingerprint density at radius 2 is 1.83 bits per heavy atom. The van der Waals surface area contributed by atoms with Crippen molar-refractivity contribution in [2.75, 3.05) is 32.7 Å². The molecular weight excluding hydrogens is 286 g/mol. The second-order valence-electron chi connectivity index (χ2n) is 7.40. The molecule has 3 aliphatic rings. The molecule has 1 aliphatic heterocycles. The van der Waals surface area contributed by atoms with E-state index in [9.17, 15) is 4.79 Å². The van der Waals surface area contributed by atoms with E-state index in [1.807, 2.05) is 4.90 Å². The number of piperazine rings is 1. The van der Waals surface area contributed by atoms with Gasteiger partial charge in [-0.15, -0.1) is 0 Å². The van der Waals surface area contributed by atoms with E-state index in [0.717, 1.165) is 45.2 Å². The average Bonchev–Trinajstić information content (AvgIpc) is 2.63. The molecule has 0 aromatic rings. The molecule has 1 N–H and O–H groups in total. The van der Waals surface area contributed by atoms with Gasteiger partial charge in [0.2, 0.25) is 0 Å². The number of amides is 2. The number of carbonyl (C=O) groups excluding carboxylic acids is 1. The van der Waals surface area contributed by atoms with Crippen LogP contribution in [0.1, 0.15) is 64.2 Å². The van der Waals surface area contributed by atoms with Crippen LogP contribution in [0.4, 0.5) is 4.79 Å². The Morgan fingerprint density at radius 1 is 1.04 bits per heavy atom. The van der Waals surface area contributed by atoms with Crippen molar-refractivity contribution in [3.05, 3.63) is 11.6 Å². The molecule has 2 aliphatic carbocycles. The van der Waals surface area contributed by atoms with E-state index in [0.29, 0.717) is 0 Å². The second-order valence-corrected chi connectivity index (χ2v) is 7.40. The Hall–Kier alpha value is -1.03. The van der Waals surface area contributed by atoms with Gasteiger partial charge in [-0.2, -0.15) is 0 Å². The number of allylic oxidation sites excluding steroid dienone is 1. The summed E-state index contributed by atoms with van der Waals surface area (Å²) in [6, 6.07) is 0.928. The van der Waals surface area contributed by atoms with E-state index in [4.69, 9.17) is 0 Å². The molecule has 2 fully saturated rings. The summed E-state index contributed by atoms with van der Waals surface area (Å²) in [5, 5.41) is 3.12. The number of nitrogens with one attached hydrogen (secondary N) is 1. The molecule has 0 atom stereocenters. The van der Waals surface area contributed by atoms with Gasteiger partial charge in [0.25, 0.3) is 0 Å². The van der Waals surface area contributed by atoms with Gasteiger partial charge >= 0.3 is 6.03 Å². The monoisotopic (exact) mass is 319 g/mol. The molecular formula is C19H33N3O. The average molecular weight is 319 g/mol. The fourth-order valence-electron chi connectivity index (χ4n) is 4.31. The van der Waals surface area contributed by atoms with Crippen molar-refractivity contribution in [1.29, 1.82) is 0 Å². The maximum absolute atomic E-state index is 12.3. The molecule has 0 unspecified atom stereocenters. The molecule has 1 saturated heterocycles. The van der Waals surface area contributed by atoms with Crippen LogP contribution in [0.15, 0.2) is 11.6 Å². The first-order valence-corrected chi connectivity index (χ1v) is 9.77. The van der Waals surface area contributed by atoms with Gasteiger partial charge in [0.15, 0.2) is 0 Å². The highest BCUT2D eigenvalue weighted by molar-refractivity contribution is 5.74. The molecule has 0 spiro atoms. The molecule has 0 bridgehead atoms. The number of rotatable bonds is 4. The lowest BCUT2D eigenvalue weighted by atomic mass is 9.94. The molecule has 1 heterocycles. The number of hydrogen-bond acceptors (Lipinski definition) is 2. The minimum atomic E-state index is 0.143. The first kappa shape index (κ1) is 16.8. The number of urea groups is 1. The Morgan fingerprint density at radius 3 is 2.52 bits per heavy atom. The Kier molecular flexibility index (Phi) is 6.37. The second kappa shape index (κ2) is 8.72. The highest BCUT2D eigenvalue weighted by Crippen LogP contribution is 2.23. The van der Waals surface area contributed by atoms with Crippen LogP contribution < -0.4 is 5.32 Å². The van der Waals surface area contributed by atoms with Crippen molar-refractivity contribution < 1.29 is 4.79 Å². The van der Waals surface area contributed by atoms with E-state index in [-0.39, 0.29) is 6.03 Å². The fourth-order valence-corrected chi connectivity index (χ4v) is 4.31. The van der Waals surface area contributed by atoms with E-state index in [2.05, 4.69) is 16.3 Å². The van der Waals surface area contributed by atoms with Crippen molar-refractivity contribution in [1.82, 2.24) is 15.1 Å². The predicted octanol–water partition coefficient (Wildman–Crippen LogP) is 3.54. The summed E-state index contributed by atoms with van der Waals surface area (Å²) in [6.45, 7) is 4.70. The van der Waals surface area contributed by atoms with Crippen molar-refractivity contribution in [2.24, 2.45) is 0 Å². The minimum Gasteiger partial charge on any atom is -0.338 e. The van der Waals surface area contributed by atoms with Gasteiger partial charge in [-0.3, -0.25) is 4.90 Å². The molecule has 23 heavy (non-hydrogen) atoms. The lowest BCUT2D eigenvalue weighted by molar-refractivity contribution is 0.0907. The van der Waals surface area contributed by atoms with Gasteiger partial charge in [-0.05, 0) is 44.9 Å². The van der Waals surface area contributed by atoms with Crippen LogP contribution in [-0.2, 0) is 0 Å². The van der Waals surface area contributed by atoms with E-state index in [1.54, 1.807) is 5.57 Å². The summed E-state index contributed by atoms with van der Waals surface area (Å²) in [4.78, 5) is 16.9. The third-order valence-corrected chi connectivity index (χ3v) is 5.80. The van der Waals surface area contributed by atoms with Crippen LogP contribution in [0.3, 0.4) is 0 Å². The largest absolute Gasteiger partial charge is 0.338 e. The zero-order valence-corrected chi connectivity index (χ0v) is 14.6. The van der Waals surface area contributed by atoms with Crippen LogP contribution >= 0.6 is 0 Å². The molecule has 0 aromatic heterocycles. The zero-order chi connectivity index (χ0) is 15.9. The SMILES string of the molecule is O=C(NCCC1=CCCCC1)N1CCN(C2CCCCC2)CC1. The number of hydrogen-bond donors (Lipinski definition) is 1. The first-order valence-electron chi connectivity index (χ1n) is 9.77. The summed E-state index contributed by atoms with van der Waals surface area (Å²) < 4.78 is 0. The van der Waals surface area contributed by atoms with Crippen molar-refractivity contribution in [3.8, 4) is 0 Å². The Labute approximate surface area is 141 Å². The maximum atomic E-state index is 12.3. The number of nitrogens with zero attached hydrogens (tertiary/aromatic N) is 2. The smallest absolute Gasteiger partial charge is 0.317 e. The summed E-state index contributed by atoms with van der Waals surface area (Å²) in [5.41, 5.74) is 1.54. The topological polar surface area (TPSA) is 35.6 Å². The molecule has 3 rings (SSSR count). The third kappa shape index (κ3) is 4.97. The van der Waals surface area contributed by atoms with Crippen molar-refractivity contribution >= 4 is 6.03 Å². The lowest BCUT2D eigenvalue weighted by Crippen LogP contribution is -2.54. The van der Waals surface area contributed by atoms with E-state index >= 15 is 0 Å². The van der Waals surface area contributed by atoms with E-state index in [1.165, 1.54) is 57.8 Å². The molecule has 2 amide bonds. The highest BCUT2D eigenvalue weighted by atomic mass is 16.2. The fraction of sp³-hybridized carbons (Fsp3) is 0.842. The third-order valence-electron chi connectivity index (χ3n) is 5.80. The summed E-state index contributed by atoms with van der Waals surface area (Å²) in [6.07, 6.45) is 15.4. The van der Waals surface area contributed by atoms with Crippen LogP contribution in [0.25, 0.3) is 0 Å². The van der Waals surface area contributed by atoms with Crippen LogP contribution in [0.2, 0.25) is 0 Å². The van der Waals surface area contributed by atoms with Gasteiger partial charge < -0.3 is 10.2 Å². The standard InChI is InChI=1S/C19H33N3O/c23-19(20-12-11-17-7-3-1-4-8-17)22-15-13-21(14-16-22)18-9-5-2-6-10-18/h7,18H,1-6,8-16H2,(H,20,23). The summed E-state index contributed by atoms with van der Waals surface area (Å²) in [7, 11) is 0. The van der Waals surface area contributed by atoms with Gasteiger partial charge in [0, 0.05) is 38.8 Å².